The SMILES string of the molecule is CN1CCN(c2ccc(NC(=O)c3cc4ccccc4[nH]3)c(C(F)(F)F)c2)CC1. The molecule has 4 rings (SSSR count). The fourth-order valence-corrected chi connectivity index (χ4v) is 3.52. The third kappa shape index (κ3) is 4.07. The standard InChI is InChI=1S/C21H21F3N4O/c1-27-8-10-28(11-9-27)15-6-7-18(16(13-15)21(22,23)24)26-20(29)19-12-14-4-2-3-5-17(14)25-19/h2-7,12-13,25H,8-11H2,1H3,(H,26,29). The highest BCUT2D eigenvalue weighted by atomic mass is 19.4. The maximum atomic E-state index is 13.7. The van der Waals surface area contributed by atoms with Crippen molar-refractivity contribution in [3.8, 4) is 0 Å². The summed E-state index contributed by atoms with van der Waals surface area (Å²) in [6, 6.07) is 13.0. The molecule has 0 aliphatic carbocycles. The number of carbonyl (C=O) groups is 1. The van der Waals surface area contributed by atoms with Gasteiger partial charge in [0.05, 0.1) is 11.3 Å². The number of fused-ring (bicyclic) bond motifs is 1. The minimum absolute atomic E-state index is 0.211. The molecule has 0 bridgehead atoms. The highest BCUT2D eigenvalue weighted by molar-refractivity contribution is 6.06. The maximum Gasteiger partial charge on any atom is 0.418 e. The molecule has 1 aromatic heterocycles. The van der Waals surface area contributed by atoms with Gasteiger partial charge >= 0.3 is 6.18 Å². The zero-order valence-electron chi connectivity index (χ0n) is 15.9. The van der Waals surface area contributed by atoms with Gasteiger partial charge in [0.1, 0.15) is 5.69 Å². The molecule has 3 aromatic rings. The van der Waals surface area contributed by atoms with Gasteiger partial charge in [-0.2, -0.15) is 13.2 Å². The van der Waals surface area contributed by atoms with E-state index in [4.69, 9.17) is 0 Å². The van der Waals surface area contributed by atoms with Crippen LogP contribution in [0.5, 0.6) is 0 Å². The fraction of sp³-hybridized carbons (Fsp3) is 0.286. The van der Waals surface area contributed by atoms with E-state index >= 15 is 0 Å². The number of alkyl halides is 3. The van der Waals surface area contributed by atoms with E-state index in [2.05, 4.69) is 15.2 Å². The Morgan fingerprint density at radius 2 is 1.76 bits per heavy atom. The highest BCUT2D eigenvalue weighted by Gasteiger charge is 2.35. The van der Waals surface area contributed by atoms with Crippen molar-refractivity contribution in [2.75, 3.05) is 43.4 Å². The van der Waals surface area contributed by atoms with Crippen LogP contribution in [-0.2, 0) is 6.18 Å². The molecule has 1 aliphatic heterocycles. The number of nitrogens with zero attached hydrogens (tertiary/aromatic N) is 2. The van der Waals surface area contributed by atoms with Crippen LogP contribution in [0, 0.1) is 0 Å². The lowest BCUT2D eigenvalue weighted by Gasteiger charge is -2.34. The molecule has 0 atom stereocenters. The Bertz CT molecular complexity index is 1000. The summed E-state index contributed by atoms with van der Waals surface area (Å²) < 4.78 is 41.1. The normalized spacial score (nSPS) is 15.7. The zero-order chi connectivity index (χ0) is 20.6. The summed E-state index contributed by atoms with van der Waals surface area (Å²) in [6.07, 6.45) is -4.58. The molecule has 1 saturated heterocycles. The van der Waals surface area contributed by atoms with Crippen molar-refractivity contribution < 1.29 is 18.0 Å². The Hall–Kier alpha value is -3.00. The van der Waals surface area contributed by atoms with Crippen LogP contribution < -0.4 is 10.2 Å². The molecule has 0 unspecified atom stereocenters. The summed E-state index contributed by atoms with van der Waals surface area (Å²) in [5.41, 5.74) is 0.369. The molecule has 2 N–H and O–H groups in total. The van der Waals surface area contributed by atoms with Crippen LogP contribution in [0.15, 0.2) is 48.5 Å². The van der Waals surface area contributed by atoms with Crippen LogP contribution >= 0.6 is 0 Å². The number of hydrogen-bond acceptors (Lipinski definition) is 3. The van der Waals surface area contributed by atoms with Crippen molar-refractivity contribution in [3.63, 3.8) is 0 Å². The number of likely N-dealkylation sites (N-methyl/N-ethyl adjacent to an activating group) is 1. The van der Waals surface area contributed by atoms with Crippen LogP contribution in [0.1, 0.15) is 16.1 Å². The third-order valence-corrected chi connectivity index (χ3v) is 5.20. The number of nitrogens with one attached hydrogen (secondary N) is 2. The molecular weight excluding hydrogens is 381 g/mol. The second-order valence-electron chi connectivity index (χ2n) is 7.24. The molecule has 8 heteroatoms. The first-order chi connectivity index (χ1) is 13.8. The van der Waals surface area contributed by atoms with E-state index in [1.807, 2.05) is 30.1 Å². The lowest BCUT2D eigenvalue weighted by molar-refractivity contribution is -0.136. The summed E-state index contributed by atoms with van der Waals surface area (Å²) in [6.45, 7) is 2.91. The quantitative estimate of drug-likeness (QED) is 0.691. The van der Waals surface area contributed by atoms with E-state index < -0.39 is 17.6 Å². The van der Waals surface area contributed by atoms with E-state index in [9.17, 15) is 18.0 Å². The average Bonchev–Trinajstić information content (AvgIpc) is 3.12. The van der Waals surface area contributed by atoms with Crippen LogP contribution in [0.2, 0.25) is 0 Å². The molecule has 0 radical (unpaired) electrons. The van der Waals surface area contributed by atoms with E-state index in [1.54, 1.807) is 18.2 Å². The Morgan fingerprint density at radius 3 is 2.45 bits per heavy atom. The Balaban J connectivity index is 1.61. The van der Waals surface area contributed by atoms with Crippen molar-refractivity contribution in [1.29, 1.82) is 0 Å². The minimum Gasteiger partial charge on any atom is -0.369 e. The summed E-state index contributed by atoms with van der Waals surface area (Å²) >= 11 is 0. The van der Waals surface area contributed by atoms with Crippen molar-refractivity contribution in [2.24, 2.45) is 0 Å². The van der Waals surface area contributed by atoms with E-state index in [0.717, 1.165) is 30.1 Å². The first kappa shape index (κ1) is 19.3. The lowest BCUT2D eigenvalue weighted by atomic mass is 10.1. The second kappa shape index (κ2) is 7.44. The van der Waals surface area contributed by atoms with Gasteiger partial charge in [0.2, 0.25) is 0 Å². The number of aromatic nitrogens is 1. The number of aromatic amines is 1. The zero-order valence-corrected chi connectivity index (χ0v) is 15.9. The predicted molar refractivity (Wildman–Crippen MR) is 107 cm³/mol. The molecule has 5 nitrogen and oxygen atoms in total. The molecule has 1 fully saturated rings. The van der Waals surface area contributed by atoms with Crippen molar-refractivity contribution in [1.82, 2.24) is 9.88 Å². The van der Waals surface area contributed by atoms with Gasteiger partial charge in [-0.05, 0) is 37.4 Å². The van der Waals surface area contributed by atoms with Crippen LogP contribution in [-0.4, -0.2) is 49.0 Å². The maximum absolute atomic E-state index is 13.7. The summed E-state index contributed by atoms with van der Waals surface area (Å²) in [5, 5.41) is 3.23. The van der Waals surface area contributed by atoms with Gasteiger partial charge in [-0.1, -0.05) is 18.2 Å². The third-order valence-electron chi connectivity index (χ3n) is 5.20. The van der Waals surface area contributed by atoms with Gasteiger partial charge in [0.15, 0.2) is 0 Å². The number of anilines is 2. The largest absolute Gasteiger partial charge is 0.418 e. The topological polar surface area (TPSA) is 51.4 Å². The van der Waals surface area contributed by atoms with Gasteiger partial charge < -0.3 is 20.1 Å². The summed E-state index contributed by atoms with van der Waals surface area (Å²) in [7, 11) is 1.99. The number of benzene rings is 2. The highest BCUT2D eigenvalue weighted by Crippen LogP contribution is 2.37. The lowest BCUT2D eigenvalue weighted by Crippen LogP contribution is -2.44. The van der Waals surface area contributed by atoms with E-state index in [1.165, 1.54) is 6.07 Å². The van der Waals surface area contributed by atoms with Gasteiger partial charge in [-0.15, -0.1) is 0 Å². The second-order valence-corrected chi connectivity index (χ2v) is 7.24. The van der Waals surface area contributed by atoms with E-state index in [0.29, 0.717) is 18.8 Å². The van der Waals surface area contributed by atoms with Gasteiger partial charge in [-0.3, -0.25) is 4.79 Å². The number of halogens is 3. The van der Waals surface area contributed by atoms with Crippen molar-refractivity contribution in [3.05, 3.63) is 59.8 Å². The molecule has 29 heavy (non-hydrogen) atoms. The monoisotopic (exact) mass is 402 g/mol. The molecule has 0 saturated carbocycles. The molecule has 1 amide bonds. The minimum atomic E-state index is -4.58. The number of para-hydroxylation sites is 1. The number of carbonyl (C=O) groups excluding carboxylic acids is 1. The number of piperazine rings is 1. The van der Waals surface area contributed by atoms with Gasteiger partial charge in [0, 0.05) is 42.8 Å². The molecule has 2 heterocycles. The van der Waals surface area contributed by atoms with Crippen LogP contribution in [0.3, 0.4) is 0 Å². The smallest absolute Gasteiger partial charge is 0.369 e. The summed E-state index contributed by atoms with van der Waals surface area (Å²) in [5.74, 6) is -0.612. The van der Waals surface area contributed by atoms with Crippen molar-refractivity contribution >= 4 is 28.2 Å². The number of rotatable bonds is 3. The van der Waals surface area contributed by atoms with Gasteiger partial charge in [0.25, 0.3) is 5.91 Å². The Morgan fingerprint density at radius 1 is 1.03 bits per heavy atom. The predicted octanol–water partition coefficient (Wildman–Crippen LogP) is 4.19. The molecule has 2 aromatic carbocycles. The molecule has 0 spiro atoms. The number of amides is 1. The van der Waals surface area contributed by atoms with Crippen molar-refractivity contribution in [2.45, 2.75) is 6.18 Å². The van der Waals surface area contributed by atoms with E-state index in [-0.39, 0.29) is 11.4 Å². The Kier molecular flexibility index (Phi) is 4.96. The first-order valence-electron chi connectivity index (χ1n) is 9.35. The molecular formula is C21H21F3N4O. The average molecular weight is 402 g/mol. The summed E-state index contributed by atoms with van der Waals surface area (Å²) in [4.78, 5) is 19.6. The first-order valence-corrected chi connectivity index (χ1v) is 9.35. The Labute approximate surface area is 166 Å². The van der Waals surface area contributed by atoms with Crippen LogP contribution in [0.4, 0.5) is 24.5 Å². The number of H-pyrrole nitrogens is 1. The fourth-order valence-electron chi connectivity index (χ4n) is 3.52. The van der Waals surface area contributed by atoms with Gasteiger partial charge in [-0.25, -0.2) is 0 Å². The number of hydrogen-bond donors (Lipinski definition) is 2. The van der Waals surface area contributed by atoms with Crippen LogP contribution in [0.25, 0.3) is 10.9 Å². The molecule has 1 aliphatic rings. The molecule has 152 valence electrons.